The lowest BCUT2D eigenvalue weighted by Gasteiger charge is -2.08. The molecule has 18 heavy (non-hydrogen) atoms. The lowest BCUT2D eigenvalue weighted by atomic mass is 10.1. The average molecular weight is 245 g/mol. The van der Waals surface area contributed by atoms with Gasteiger partial charge >= 0.3 is 0 Å². The molecule has 0 fully saturated rings. The molecule has 1 aromatic carbocycles. The molecule has 0 saturated heterocycles. The van der Waals surface area contributed by atoms with E-state index in [4.69, 9.17) is 10.5 Å². The van der Waals surface area contributed by atoms with E-state index in [0.29, 0.717) is 6.61 Å². The second-order valence-corrected chi connectivity index (χ2v) is 4.59. The van der Waals surface area contributed by atoms with Crippen molar-refractivity contribution in [2.75, 3.05) is 0 Å². The number of nitrogens with zero attached hydrogens (tertiary/aromatic N) is 2. The maximum atomic E-state index is 6.00. The summed E-state index contributed by atoms with van der Waals surface area (Å²) < 4.78 is 10.3. The van der Waals surface area contributed by atoms with E-state index in [1.807, 2.05) is 13.0 Å². The van der Waals surface area contributed by atoms with Gasteiger partial charge in [-0.2, -0.15) is 0 Å². The normalized spacial score (nSPS) is 17.8. The van der Waals surface area contributed by atoms with Crippen molar-refractivity contribution in [1.29, 1.82) is 0 Å². The van der Waals surface area contributed by atoms with Gasteiger partial charge in [0.25, 0.3) is 0 Å². The molecule has 94 valence electrons. The van der Waals surface area contributed by atoms with E-state index in [9.17, 15) is 0 Å². The number of ether oxygens (including phenoxy) is 1. The van der Waals surface area contributed by atoms with E-state index in [2.05, 4.69) is 27.1 Å². The molecule has 5 heteroatoms. The van der Waals surface area contributed by atoms with Crippen LogP contribution in [-0.2, 0) is 13.0 Å². The third-order valence-corrected chi connectivity index (χ3v) is 3.36. The Balaban J connectivity index is 1.73. The Bertz CT molecular complexity index is 565. The lowest BCUT2D eigenvalue weighted by Crippen LogP contribution is -2.05. The van der Waals surface area contributed by atoms with Crippen LogP contribution in [0.5, 0.6) is 5.75 Å². The molecule has 0 bridgehead atoms. The van der Waals surface area contributed by atoms with Gasteiger partial charge in [-0.15, -0.1) is 0 Å². The number of fused-ring (bicyclic) bond motifs is 1. The van der Waals surface area contributed by atoms with Crippen LogP contribution < -0.4 is 10.5 Å². The summed E-state index contributed by atoms with van der Waals surface area (Å²) in [6, 6.07) is 6.24. The van der Waals surface area contributed by atoms with Crippen molar-refractivity contribution in [3.8, 4) is 5.75 Å². The van der Waals surface area contributed by atoms with Crippen molar-refractivity contribution in [2.45, 2.75) is 32.4 Å². The number of hydrogen-bond donors (Lipinski definition) is 1. The second-order valence-electron chi connectivity index (χ2n) is 4.59. The van der Waals surface area contributed by atoms with E-state index in [1.165, 1.54) is 11.1 Å². The van der Waals surface area contributed by atoms with Crippen molar-refractivity contribution in [1.82, 2.24) is 10.3 Å². The summed E-state index contributed by atoms with van der Waals surface area (Å²) in [6.45, 7) is 2.22. The summed E-state index contributed by atoms with van der Waals surface area (Å²) in [5.41, 5.74) is 10.0. The van der Waals surface area contributed by atoms with Gasteiger partial charge < -0.3 is 10.5 Å². The molecule has 1 aromatic heterocycles. The minimum absolute atomic E-state index is 0.177. The zero-order chi connectivity index (χ0) is 12.5. The quantitative estimate of drug-likeness (QED) is 0.894. The Morgan fingerprint density at radius 1 is 1.44 bits per heavy atom. The molecule has 0 saturated carbocycles. The maximum Gasteiger partial charge on any atom is 0.145 e. The first-order chi connectivity index (χ1) is 8.74. The SMILES string of the molecule is Cc1nonc1COc1ccc2c(c1)CCC2N. The molecule has 1 aliphatic carbocycles. The van der Waals surface area contributed by atoms with Gasteiger partial charge in [-0.3, -0.25) is 0 Å². The first-order valence-electron chi connectivity index (χ1n) is 6.03. The van der Waals surface area contributed by atoms with Gasteiger partial charge in [-0.1, -0.05) is 16.4 Å². The van der Waals surface area contributed by atoms with Gasteiger partial charge in [0, 0.05) is 6.04 Å². The Labute approximate surface area is 105 Å². The van der Waals surface area contributed by atoms with Crippen molar-refractivity contribution in [3.63, 3.8) is 0 Å². The van der Waals surface area contributed by atoms with Crippen LogP contribution in [0.1, 0.15) is 35.0 Å². The van der Waals surface area contributed by atoms with E-state index in [1.54, 1.807) is 0 Å². The van der Waals surface area contributed by atoms with Crippen LogP contribution in [0.25, 0.3) is 0 Å². The van der Waals surface area contributed by atoms with Crippen molar-refractivity contribution < 1.29 is 9.37 Å². The van der Waals surface area contributed by atoms with Crippen LogP contribution in [0.3, 0.4) is 0 Å². The van der Waals surface area contributed by atoms with Crippen LogP contribution >= 0.6 is 0 Å². The molecule has 0 amide bonds. The molecule has 2 aromatic rings. The molecular formula is C13H15N3O2. The first kappa shape index (κ1) is 11.2. The van der Waals surface area contributed by atoms with Crippen molar-refractivity contribution >= 4 is 0 Å². The Morgan fingerprint density at radius 2 is 2.33 bits per heavy atom. The predicted molar refractivity (Wildman–Crippen MR) is 65.1 cm³/mol. The highest BCUT2D eigenvalue weighted by Gasteiger charge is 2.19. The molecule has 1 unspecified atom stereocenters. The highest BCUT2D eigenvalue weighted by atomic mass is 16.6. The number of aryl methyl sites for hydroxylation is 2. The molecule has 3 rings (SSSR count). The number of hydrogen-bond acceptors (Lipinski definition) is 5. The summed E-state index contributed by atoms with van der Waals surface area (Å²) >= 11 is 0. The van der Waals surface area contributed by atoms with E-state index >= 15 is 0 Å². The van der Waals surface area contributed by atoms with E-state index < -0.39 is 0 Å². The summed E-state index contributed by atoms with van der Waals surface area (Å²) in [6.07, 6.45) is 2.04. The van der Waals surface area contributed by atoms with Crippen molar-refractivity contribution in [2.24, 2.45) is 5.73 Å². The molecular weight excluding hydrogens is 230 g/mol. The summed E-state index contributed by atoms with van der Waals surface area (Å²) in [5, 5.41) is 7.50. The molecule has 1 aliphatic rings. The molecule has 2 N–H and O–H groups in total. The Morgan fingerprint density at radius 3 is 3.11 bits per heavy atom. The van der Waals surface area contributed by atoms with Gasteiger partial charge in [-0.05, 0) is 43.0 Å². The van der Waals surface area contributed by atoms with E-state index in [0.717, 1.165) is 30.0 Å². The largest absolute Gasteiger partial charge is 0.487 e. The topological polar surface area (TPSA) is 74.2 Å². The fourth-order valence-corrected chi connectivity index (χ4v) is 2.25. The predicted octanol–water partition coefficient (Wildman–Crippen LogP) is 1.90. The minimum Gasteiger partial charge on any atom is -0.487 e. The monoisotopic (exact) mass is 245 g/mol. The molecule has 5 nitrogen and oxygen atoms in total. The van der Waals surface area contributed by atoms with Crippen LogP contribution in [0, 0.1) is 6.92 Å². The summed E-state index contributed by atoms with van der Waals surface area (Å²) in [7, 11) is 0. The zero-order valence-corrected chi connectivity index (χ0v) is 10.2. The first-order valence-corrected chi connectivity index (χ1v) is 6.03. The molecule has 0 aliphatic heterocycles. The fourth-order valence-electron chi connectivity index (χ4n) is 2.25. The van der Waals surface area contributed by atoms with Gasteiger partial charge in [0.2, 0.25) is 0 Å². The number of benzene rings is 1. The van der Waals surface area contributed by atoms with Gasteiger partial charge in [-0.25, -0.2) is 4.63 Å². The van der Waals surface area contributed by atoms with Gasteiger partial charge in [0.05, 0.1) is 0 Å². The van der Waals surface area contributed by atoms with Crippen LogP contribution in [0.15, 0.2) is 22.8 Å². The fraction of sp³-hybridized carbons (Fsp3) is 0.385. The molecule has 0 radical (unpaired) electrons. The lowest BCUT2D eigenvalue weighted by molar-refractivity contribution is 0.270. The van der Waals surface area contributed by atoms with Crippen LogP contribution in [0.4, 0.5) is 0 Å². The van der Waals surface area contributed by atoms with Crippen LogP contribution in [0.2, 0.25) is 0 Å². The third kappa shape index (κ3) is 1.97. The van der Waals surface area contributed by atoms with Crippen LogP contribution in [-0.4, -0.2) is 10.3 Å². The van der Waals surface area contributed by atoms with Gasteiger partial charge in [0.15, 0.2) is 0 Å². The smallest absolute Gasteiger partial charge is 0.145 e. The third-order valence-electron chi connectivity index (χ3n) is 3.36. The zero-order valence-electron chi connectivity index (χ0n) is 10.2. The van der Waals surface area contributed by atoms with E-state index in [-0.39, 0.29) is 6.04 Å². The average Bonchev–Trinajstić information content (AvgIpc) is 2.94. The van der Waals surface area contributed by atoms with Crippen molar-refractivity contribution in [3.05, 3.63) is 40.7 Å². The molecule has 0 spiro atoms. The molecule has 1 atom stereocenters. The summed E-state index contributed by atoms with van der Waals surface area (Å²) in [5.74, 6) is 0.838. The van der Waals surface area contributed by atoms with Gasteiger partial charge in [0.1, 0.15) is 23.7 Å². The highest BCUT2D eigenvalue weighted by molar-refractivity contribution is 5.40. The Hall–Kier alpha value is -1.88. The summed E-state index contributed by atoms with van der Waals surface area (Å²) in [4.78, 5) is 0. The standard InChI is InChI=1S/C13H15N3O2/c1-8-13(16-18-15-8)7-17-10-3-4-11-9(6-10)2-5-12(11)14/h3-4,6,12H,2,5,7,14H2,1H3. The minimum atomic E-state index is 0.177. The maximum absolute atomic E-state index is 6.00. The highest BCUT2D eigenvalue weighted by Crippen LogP contribution is 2.31. The second kappa shape index (κ2) is 4.42. The number of nitrogens with two attached hydrogens (primary N) is 1. The number of rotatable bonds is 3. The Kier molecular flexibility index (Phi) is 2.76. The molecule has 1 heterocycles. The number of aromatic nitrogens is 2.